The topological polar surface area (TPSA) is 49.8 Å². The average Bonchev–Trinajstić information content (AvgIpc) is 2.74. The maximum absolute atomic E-state index is 11.3. The zero-order chi connectivity index (χ0) is 13.3. The van der Waals surface area contributed by atoms with Crippen molar-refractivity contribution in [3.05, 3.63) is 28.8 Å². The molecule has 18 heavy (non-hydrogen) atoms. The van der Waals surface area contributed by atoms with E-state index in [0.29, 0.717) is 17.3 Å². The third kappa shape index (κ3) is 2.44. The predicted molar refractivity (Wildman–Crippen MR) is 70.6 cm³/mol. The first kappa shape index (κ1) is 13.2. The molecule has 2 rings (SSSR count). The number of carboxylic acids is 1. The lowest BCUT2D eigenvalue weighted by Gasteiger charge is -2.29. The monoisotopic (exact) mass is 269 g/mol. The van der Waals surface area contributed by atoms with Crippen LogP contribution in [0.2, 0.25) is 5.02 Å². The molecule has 0 bridgehead atoms. The van der Waals surface area contributed by atoms with Crippen molar-refractivity contribution in [2.75, 3.05) is 18.6 Å². The lowest BCUT2D eigenvalue weighted by Crippen LogP contribution is -2.37. The number of hydrogen-bond donors (Lipinski definition) is 1. The van der Waals surface area contributed by atoms with Crippen molar-refractivity contribution in [2.24, 2.45) is 0 Å². The van der Waals surface area contributed by atoms with Gasteiger partial charge in [0.15, 0.2) is 0 Å². The summed E-state index contributed by atoms with van der Waals surface area (Å²) in [4.78, 5) is 13.2. The highest BCUT2D eigenvalue weighted by molar-refractivity contribution is 6.31. The Morgan fingerprint density at radius 2 is 2.28 bits per heavy atom. The summed E-state index contributed by atoms with van der Waals surface area (Å²) >= 11 is 5.85. The molecule has 2 unspecified atom stereocenters. The fraction of sp³-hybridized carbons (Fsp3) is 0.462. The van der Waals surface area contributed by atoms with E-state index >= 15 is 0 Å². The Morgan fingerprint density at radius 3 is 2.83 bits per heavy atom. The first-order chi connectivity index (χ1) is 8.50. The van der Waals surface area contributed by atoms with Crippen molar-refractivity contribution < 1.29 is 14.6 Å². The molecule has 0 spiro atoms. The number of nitrogens with zero attached hydrogens (tertiary/aromatic N) is 1. The third-order valence-electron chi connectivity index (χ3n) is 3.40. The van der Waals surface area contributed by atoms with E-state index in [2.05, 4.69) is 0 Å². The van der Waals surface area contributed by atoms with Gasteiger partial charge in [-0.1, -0.05) is 11.6 Å². The van der Waals surface area contributed by atoms with Crippen molar-refractivity contribution in [1.29, 1.82) is 0 Å². The number of ether oxygens (including phenoxy) is 1. The summed E-state index contributed by atoms with van der Waals surface area (Å²) in [5, 5.41) is 9.66. The van der Waals surface area contributed by atoms with Crippen LogP contribution < -0.4 is 4.90 Å². The van der Waals surface area contributed by atoms with E-state index in [1.54, 1.807) is 12.1 Å². The van der Waals surface area contributed by atoms with Crippen LogP contribution in [0.5, 0.6) is 0 Å². The minimum Gasteiger partial charge on any atom is -0.478 e. The van der Waals surface area contributed by atoms with E-state index in [1.165, 1.54) is 6.07 Å². The molecule has 1 aliphatic rings. The normalized spacial score (nSPS) is 23.1. The highest BCUT2D eigenvalue weighted by atomic mass is 35.5. The second-order valence-corrected chi connectivity index (χ2v) is 4.95. The Hall–Kier alpha value is -1.26. The van der Waals surface area contributed by atoms with E-state index < -0.39 is 5.97 Å². The summed E-state index contributed by atoms with van der Waals surface area (Å²) in [6.07, 6.45) is 1.01. The largest absolute Gasteiger partial charge is 0.478 e. The minimum absolute atomic E-state index is 0.104. The zero-order valence-electron chi connectivity index (χ0n) is 10.4. The van der Waals surface area contributed by atoms with Crippen molar-refractivity contribution >= 4 is 23.3 Å². The summed E-state index contributed by atoms with van der Waals surface area (Å²) in [5.41, 5.74) is 0.901. The van der Waals surface area contributed by atoms with Gasteiger partial charge in [-0.25, -0.2) is 4.79 Å². The lowest BCUT2D eigenvalue weighted by molar-refractivity contribution is 0.0697. The van der Waals surface area contributed by atoms with Gasteiger partial charge >= 0.3 is 5.97 Å². The number of likely N-dealkylation sites (N-methyl/N-ethyl adjacent to an activating group) is 1. The fourth-order valence-electron chi connectivity index (χ4n) is 2.39. The Labute approximate surface area is 111 Å². The van der Waals surface area contributed by atoms with Crippen molar-refractivity contribution in [2.45, 2.75) is 25.5 Å². The SMILES string of the molecule is CC1OCCC1N(C)c1ccc(Cl)cc1C(=O)O. The van der Waals surface area contributed by atoms with Crippen LogP contribution in [0.4, 0.5) is 5.69 Å². The Kier molecular flexibility index (Phi) is 3.78. The standard InChI is InChI=1S/C13H16ClNO3/c1-8-11(5-6-18-8)15(2)12-4-3-9(14)7-10(12)13(16)17/h3-4,7-8,11H,5-6H2,1-2H3,(H,16,17). The third-order valence-corrected chi connectivity index (χ3v) is 3.64. The molecule has 0 radical (unpaired) electrons. The van der Waals surface area contributed by atoms with Gasteiger partial charge in [-0.2, -0.15) is 0 Å². The fourth-order valence-corrected chi connectivity index (χ4v) is 2.57. The molecule has 4 nitrogen and oxygen atoms in total. The number of carbonyl (C=O) groups is 1. The molecule has 0 amide bonds. The van der Waals surface area contributed by atoms with Gasteiger partial charge in [0.25, 0.3) is 0 Å². The van der Waals surface area contributed by atoms with Crippen LogP contribution in [0.15, 0.2) is 18.2 Å². The van der Waals surface area contributed by atoms with E-state index in [-0.39, 0.29) is 17.7 Å². The molecule has 98 valence electrons. The first-order valence-corrected chi connectivity index (χ1v) is 6.26. The van der Waals surface area contributed by atoms with Gasteiger partial charge in [0.05, 0.1) is 23.4 Å². The van der Waals surface area contributed by atoms with E-state index in [1.807, 2.05) is 18.9 Å². The van der Waals surface area contributed by atoms with Gasteiger partial charge < -0.3 is 14.7 Å². The van der Waals surface area contributed by atoms with Crippen molar-refractivity contribution in [1.82, 2.24) is 0 Å². The molecule has 1 aromatic rings. The molecule has 0 aromatic heterocycles. The molecule has 1 aliphatic heterocycles. The Bertz CT molecular complexity index is 464. The van der Waals surface area contributed by atoms with Gasteiger partial charge in [-0.05, 0) is 31.5 Å². The quantitative estimate of drug-likeness (QED) is 0.917. The summed E-state index contributed by atoms with van der Waals surface area (Å²) in [7, 11) is 1.89. The molecular formula is C13H16ClNO3. The highest BCUT2D eigenvalue weighted by Crippen LogP contribution is 2.29. The van der Waals surface area contributed by atoms with Crippen molar-refractivity contribution in [3.63, 3.8) is 0 Å². The number of rotatable bonds is 3. The molecule has 2 atom stereocenters. The van der Waals surface area contributed by atoms with Gasteiger partial charge in [-0.15, -0.1) is 0 Å². The van der Waals surface area contributed by atoms with Crippen LogP contribution in [-0.2, 0) is 4.74 Å². The average molecular weight is 270 g/mol. The maximum Gasteiger partial charge on any atom is 0.337 e. The molecule has 1 saturated heterocycles. The van der Waals surface area contributed by atoms with Gasteiger partial charge in [0.2, 0.25) is 0 Å². The number of hydrogen-bond acceptors (Lipinski definition) is 3. The molecule has 1 fully saturated rings. The molecule has 0 aliphatic carbocycles. The van der Waals surface area contributed by atoms with Crippen LogP contribution in [0.3, 0.4) is 0 Å². The summed E-state index contributed by atoms with van der Waals surface area (Å²) < 4.78 is 5.52. The first-order valence-electron chi connectivity index (χ1n) is 5.88. The van der Waals surface area contributed by atoms with E-state index in [0.717, 1.165) is 6.42 Å². The van der Waals surface area contributed by atoms with E-state index in [4.69, 9.17) is 16.3 Å². The van der Waals surface area contributed by atoms with Crippen LogP contribution in [0.25, 0.3) is 0 Å². The maximum atomic E-state index is 11.3. The second-order valence-electron chi connectivity index (χ2n) is 4.51. The number of benzene rings is 1. The second kappa shape index (κ2) is 5.16. The number of carboxylic acid groups (broad SMARTS) is 1. The minimum atomic E-state index is -0.967. The lowest BCUT2D eigenvalue weighted by atomic mass is 10.1. The highest BCUT2D eigenvalue weighted by Gasteiger charge is 2.29. The van der Waals surface area contributed by atoms with Gasteiger partial charge in [0, 0.05) is 18.7 Å². The Morgan fingerprint density at radius 1 is 1.56 bits per heavy atom. The number of aromatic carboxylic acids is 1. The van der Waals surface area contributed by atoms with Crippen LogP contribution in [0, 0.1) is 0 Å². The number of halogens is 1. The molecular weight excluding hydrogens is 254 g/mol. The van der Waals surface area contributed by atoms with E-state index in [9.17, 15) is 9.90 Å². The molecule has 0 saturated carbocycles. The van der Waals surface area contributed by atoms with Crippen LogP contribution in [0.1, 0.15) is 23.7 Å². The smallest absolute Gasteiger partial charge is 0.337 e. The molecule has 1 aromatic carbocycles. The predicted octanol–water partition coefficient (Wildman–Crippen LogP) is 2.65. The van der Waals surface area contributed by atoms with Crippen molar-refractivity contribution in [3.8, 4) is 0 Å². The van der Waals surface area contributed by atoms with Gasteiger partial charge in [-0.3, -0.25) is 0 Å². The summed E-state index contributed by atoms with van der Waals surface area (Å²) in [6.45, 7) is 2.72. The van der Waals surface area contributed by atoms with Crippen LogP contribution in [-0.4, -0.2) is 36.9 Å². The summed E-state index contributed by atoms with van der Waals surface area (Å²) in [6, 6.07) is 5.14. The molecule has 1 heterocycles. The molecule has 1 N–H and O–H groups in total. The van der Waals surface area contributed by atoms with Gasteiger partial charge in [0.1, 0.15) is 0 Å². The summed E-state index contributed by atoms with van der Waals surface area (Å²) in [5.74, 6) is -0.967. The molecule has 5 heteroatoms. The number of anilines is 1. The zero-order valence-corrected chi connectivity index (χ0v) is 11.1. The Balaban J connectivity index is 2.35. The van der Waals surface area contributed by atoms with Crippen LogP contribution >= 0.6 is 11.6 Å².